The number of amides is 1. The number of carbonyl (C=O) groups is 2. The van der Waals surface area contributed by atoms with Crippen LogP contribution in [0.4, 0.5) is 0 Å². The average Bonchev–Trinajstić information content (AvgIpc) is 3.22. The Kier molecular flexibility index (Phi) is 9.04. The second-order valence-electron chi connectivity index (χ2n) is 9.20. The molecule has 2 N–H and O–H groups in total. The van der Waals surface area contributed by atoms with Gasteiger partial charge in [0.25, 0.3) is 5.91 Å². The van der Waals surface area contributed by atoms with Crippen LogP contribution in [0.3, 0.4) is 0 Å². The van der Waals surface area contributed by atoms with Crippen LogP contribution in [0.5, 0.6) is 0 Å². The highest BCUT2D eigenvalue weighted by Crippen LogP contribution is 2.30. The molecule has 0 radical (unpaired) electrons. The molecule has 0 spiro atoms. The number of nitrogens with one attached hydrogen (secondary N) is 1. The summed E-state index contributed by atoms with van der Waals surface area (Å²) in [5, 5.41) is 12.1. The first-order chi connectivity index (χ1) is 16.6. The molecule has 0 bridgehead atoms. The maximum atomic E-state index is 13.2. The molecule has 1 heterocycles. The minimum atomic E-state index is -3.36. The highest BCUT2D eigenvalue weighted by atomic mass is 32.2. The lowest BCUT2D eigenvalue weighted by Gasteiger charge is -2.24. The Labute approximate surface area is 207 Å². The molecule has 2 aromatic rings. The van der Waals surface area contributed by atoms with Crippen LogP contribution in [0.15, 0.2) is 42.5 Å². The predicted octanol–water partition coefficient (Wildman–Crippen LogP) is 2.89. The molecule has 1 aliphatic rings. The van der Waals surface area contributed by atoms with Gasteiger partial charge in [-0.05, 0) is 67.1 Å². The minimum Gasteiger partial charge on any atom is -0.480 e. The molecule has 1 amide bonds. The van der Waals surface area contributed by atoms with Crippen molar-refractivity contribution in [3.8, 4) is 11.1 Å². The highest BCUT2D eigenvalue weighted by Gasteiger charge is 2.26. The van der Waals surface area contributed by atoms with Gasteiger partial charge in [0.2, 0.25) is 0 Å². The quantitative estimate of drug-likeness (QED) is 0.486. The molecule has 1 saturated heterocycles. The fourth-order valence-electron chi connectivity index (χ4n) is 4.53. The summed E-state index contributed by atoms with van der Waals surface area (Å²) in [6.07, 6.45) is 3.04. The monoisotopic (exact) mass is 502 g/mol. The van der Waals surface area contributed by atoms with E-state index in [1.54, 1.807) is 13.2 Å². The van der Waals surface area contributed by atoms with Crippen LogP contribution in [-0.2, 0) is 25.9 Å². The van der Waals surface area contributed by atoms with Crippen LogP contribution in [0, 0.1) is 6.92 Å². The first kappa shape index (κ1) is 26.8. The SMILES string of the molecule is COCC1CCCN1Cc1ccc(C(=O)NC(CCS(C)(=O)=O)C(=O)O)c(-c2ccccc2C)c1. The topological polar surface area (TPSA) is 113 Å². The number of carboxylic acids is 1. The van der Waals surface area contributed by atoms with Crippen molar-refractivity contribution < 1.29 is 27.9 Å². The van der Waals surface area contributed by atoms with Gasteiger partial charge in [0.15, 0.2) is 0 Å². The second kappa shape index (κ2) is 11.8. The molecule has 9 heteroatoms. The van der Waals surface area contributed by atoms with Crippen molar-refractivity contribution in [1.82, 2.24) is 10.2 Å². The number of rotatable bonds is 11. The number of aliphatic carboxylic acids is 1. The summed E-state index contributed by atoms with van der Waals surface area (Å²) in [5.41, 5.74) is 3.99. The van der Waals surface area contributed by atoms with Crippen molar-refractivity contribution in [2.24, 2.45) is 0 Å². The van der Waals surface area contributed by atoms with Crippen molar-refractivity contribution in [1.29, 1.82) is 0 Å². The summed E-state index contributed by atoms with van der Waals surface area (Å²) >= 11 is 0. The number of carbonyl (C=O) groups excluding carboxylic acids is 1. The van der Waals surface area contributed by atoms with Crippen LogP contribution in [0.1, 0.15) is 40.7 Å². The molecule has 35 heavy (non-hydrogen) atoms. The largest absolute Gasteiger partial charge is 0.480 e. The van der Waals surface area contributed by atoms with Crippen LogP contribution in [0.25, 0.3) is 11.1 Å². The highest BCUT2D eigenvalue weighted by molar-refractivity contribution is 7.90. The molecule has 3 rings (SSSR count). The van der Waals surface area contributed by atoms with Crippen molar-refractivity contribution in [3.63, 3.8) is 0 Å². The number of hydrogen-bond donors (Lipinski definition) is 2. The van der Waals surface area contributed by atoms with E-state index in [9.17, 15) is 23.1 Å². The van der Waals surface area contributed by atoms with Crippen molar-refractivity contribution in [3.05, 3.63) is 59.2 Å². The molecule has 2 unspecified atom stereocenters. The van der Waals surface area contributed by atoms with Gasteiger partial charge in [-0.1, -0.05) is 30.3 Å². The molecule has 0 aliphatic carbocycles. The third-order valence-electron chi connectivity index (χ3n) is 6.39. The lowest BCUT2D eigenvalue weighted by molar-refractivity contribution is -0.139. The van der Waals surface area contributed by atoms with E-state index >= 15 is 0 Å². The lowest BCUT2D eigenvalue weighted by Crippen LogP contribution is -2.42. The third-order valence-corrected chi connectivity index (χ3v) is 7.37. The molecule has 2 atom stereocenters. The normalized spacial score (nSPS) is 17.3. The molecule has 0 saturated carbocycles. The summed E-state index contributed by atoms with van der Waals surface area (Å²) in [6, 6.07) is 12.4. The molecular formula is C26H34N2O6S. The number of benzene rings is 2. The van der Waals surface area contributed by atoms with Gasteiger partial charge in [-0.3, -0.25) is 9.69 Å². The van der Waals surface area contributed by atoms with Crippen LogP contribution < -0.4 is 5.32 Å². The summed E-state index contributed by atoms with van der Waals surface area (Å²) in [5.74, 6) is -2.14. The second-order valence-corrected chi connectivity index (χ2v) is 11.5. The predicted molar refractivity (Wildman–Crippen MR) is 135 cm³/mol. The average molecular weight is 503 g/mol. The number of carboxylic acid groups (broad SMARTS) is 1. The zero-order chi connectivity index (χ0) is 25.6. The van der Waals surface area contributed by atoms with Gasteiger partial charge in [-0.15, -0.1) is 0 Å². The third kappa shape index (κ3) is 7.37. The zero-order valence-corrected chi connectivity index (χ0v) is 21.3. The number of likely N-dealkylation sites (tertiary alicyclic amines) is 1. The van der Waals surface area contributed by atoms with E-state index in [1.165, 1.54) is 0 Å². The summed E-state index contributed by atoms with van der Waals surface area (Å²) in [7, 11) is -1.66. The first-order valence-corrected chi connectivity index (χ1v) is 13.8. The Hall–Kier alpha value is -2.75. The van der Waals surface area contributed by atoms with Gasteiger partial charge < -0.3 is 15.2 Å². The first-order valence-electron chi connectivity index (χ1n) is 11.7. The Morgan fingerprint density at radius 1 is 1.20 bits per heavy atom. The minimum absolute atomic E-state index is 0.201. The summed E-state index contributed by atoms with van der Waals surface area (Å²) < 4.78 is 28.4. The maximum Gasteiger partial charge on any atom is 0.326 e. The summed E-state index contributed by atoms with van der Waals surface area (Å²) in [6.45, 7) is 4.34. The fraction of sp³-hybridized carbons (Fsp3) is 0.462. The van der Waals surface area contributed by atoms with Gasteiger partial charge in [0.05, 0.1) is 12.4 Å². The van der Waals surface area contributed by atoms with Crippen LogP contribution >= 0.6 is 0 Å². The number of aryl methyl sites for hydroxylation is 1. The van der Waals surface area contributed by atoms with Crippen molar-refractivity contribution >= 4 is 21.7 Å². The van der Waals surface area contributed by atoms with E-state index in [2.05, 4.69) is 10.2 Å². The van der Waals surface area contributed by atoms with Gasteiger partial charge in [-0.25, -0.2) is 13.2 Å². The van der Waals surface area contributed by atoms with Gasteiger partial charge in [-0.2, -0.15) is 0 Å². The van der Waals surface area contributed by atoms with Gasteiger partial charge in [0, 0.05) is 31.5 Å². The van der Waals surface area contributed by atoms with Crippen molar-refractivity contribution in [2.45, 2.75) is 44.8 Å². The Bertz CT molecular complexity index is 1160. The van der Waals surface area contributed by atoms with Crippen LogP contribution in [0.2, 0.25) is 0 Å². The van der Waals surface area contributed by atoms with E-state index in [-0.39, 0.29) is 12.2 Å². The summed E-state index contributed by atoms with van der Waals surface area (Å²) in [4.78, 5) is 27.3. The van der Waals surface area contributed by atoms with Crippen molar-refractivity contribution in [2.75, 3.05) is 32.3 Å². The molecule has 8 nitrogen and oxygen atoms in total. The fourth-order valence-corrected chi connectivity index (χ4v) is 5.19. The molecule has 0 aromatic heterocycles. The Morgan fingerprint density at radius 3 is 2.60 bits per heavy atom. The number of ether oxygens (including phenoxy) is 1. The van der Waals surface area contributed by atoms with E-state index in [0.717, 1.165) is 48.9 Å². The Morgan fingerprint density at radius 2 is 1.94 bits per heavy atom. The van der Waals surface area contributed by atoms with Crippen LogP contribution in [-0.4, -0.2) is 74.7 Å². The molecular weight excluding hydrogens is 468 g/mol. The number of nitrogens with zero attached hydrogens (tertiary/aromatic N) is 1. The van der Waals surface area contributed by atoms with Gasteiger partial charge >= 0.3 is 5.97 Å². The number of methoxy groups -OCH3 is 1. The van der Waals surface area contributed by atoms with E-state index < -0.39 is 27.8 Å². The number of hydrogen-bond acceptors (Lipinski definition) is 6. The van der Waals surface area contributed by atoms with E-state index in [1.807, 2.05) is 43.3 Å². The van der Waals surface area contributed by atoms with Gasteiger partial charge in [0.1, 0.15) is 15.9 Å². The zero-order valence-electron chi connectivity index (χ0n) is 20.5. The smallest absolute Gasteiger partial charge is 0.326 e. The lowest BCUT2D eigenvalue weighted by atomic mass is 9.93. The molecule has 190 valence electrons. The van der Waals surface area contributed by atoms with E-state index in [0.29, 0.717) is 23.8 Å². The standard InChI is InChI=1S/C26H34N2O6S/c1-18-7-4-5-9-21(18)23-15-19(16-28-13-6-8-20(28)17-34-2)10-11-22(23)25(29)27-24(26(30)31)12-14-35(3,32)33/h4-5,7,9-11,15,20,24H,6,8,12-14,16-17H2,1-3H3,(H,27,29)(H,30,31). The number of sulfone groups is 1. The molecule has 2 aromatic carbocycles. The Balaban J connectivity index is 1.92. The maximum absolute atomic E-state index is 13.2. The molecule has 1 aliphatic heterocycles. The van der Waals surface area contributed by atoms with E-state index in [4.69, 9.17) is 4.74 Å². The molecule has 1 fully saturated rings.